The molecule has 0 aromatic carbocycles. The van der Waals surface area contributed by atoms with Crippen molar-refractivity contribution in [3.8, 4) is 0 Å². The fourth-order valence-electron chi connectivity index (χ4n) is 0.776. The van der Waals surface area contributed by atoms with Gasteiger partial charge in [-0.3, -0.25) is 0 Å². The summed E-state index contributed by atoms with van der Waals surface area (Å²) in [6.07, 6.45) is 0. The molecular weight excluding hydrogens is 332 g/mol. The van der Waals surface area contributed by atoms with Gasteiger partial charge in [-0.15, -0.1) is 11.3 Å². The van der Waals surface area contributed by atoms with Crippen LogP contribution in [-0.2, 0) is 4.74 Å². The maximum absolute atomic E-state index is 11.6. The maximum Gasteiger partial charge on any atom is 0.348 e. The Morgan fingerprint density at radius 1 is 1.43 bits per heavy atom. The largest absolute Gasteiger partial charge is 0.456 e. The minimum atomic E-state index is -0.444. The van der Waals surface area contributed by atoms with Gasteiger partial charge in [0, 0.05) is 4.47 Å². The van der Waals surface area contributed by atoms with Crippen LogP contribution in [0.15, 0.2) is 14.3 Å². The minimum Gasteiger partial charge on any atom is -0.456 e. The van der Waals surface area contributed by atoms with E-state index in [4.69, 9.17) is 4.74 Å². The lowest BCUT2D eigenvalue weighted by molar-refractivity contribution is 0.00752. The van der Waals surface area contributed by atoms with E-state index in [0.29, 0.717) is 4.88 Å². The van der Waals surface area contributed by atoms with Crippen molar-refractivity contribution in [3.63, 3.8) is 0 Å². The molecule has 0 saturated carbocycles. The van der Waals surface area contributed by atoms with Crippen molar-refractivity contribution >= 4 is 49.2 Å². The lowest BCUT2D eigenvalue weighted by atomic mass is 10.2. The quantitative estimate of drug-likeness (QED) is 0.714. The van der Waals surface area contributed by atoms with Gasteiger partial charge in [-0.1, -0.05) is 0 Å². The van der Waals surface area contributed by atoms with Crippen LogP contribution in [0.2, 0.25) is 0 Å². The molecule has 78 valence electrons. The van der Waals surface area contributed by atoms with E-state index < -0.39 is 5.60 Å². The zero-order valence-corrected chi connectivity index (χ0v) is 12.0. The standard InChI is InChI=1S/C9H10Br2O2S/c1-9(2,3)13-8(12)6-4-5(10)7(11)14-6/h4H,1-3H3. The summed E-state index contributed by atoms with van der Waals surface area (Å²) in [5.41, 5.74) is -0.444. The van der Waals surface area contributed by atoms with Gasteiger partial charge in [-0.2, -0.15) is 0 Å². The molecule has 0 fully saturated rings. The summed E-state index contributed by atoms with van der Waals surface area (Å²) in [7, 11) is 0. The lowest BCUT2D eigenvalue weighted by Crippen LogP contribution is -2.23. The van der Waals surface area contributed by atoms with Gasteiger partial charge in [0.1, 0.15) is 10.5 Å². The summed E-state index contributed by atoms with van der Waals surface area (Å²) in [6.45, 7) is 5.55. The van der Waals surface area contributed by atoms with Gasteiger partial charge in [-0.25, -0.2) is 4.79 Å². The molecule has 2 nitrogen and oxygen atoms in total. The van der Waals surface area contributed by atoms with Crippen molar-refractivity contribution in [2.45, 2.75) is 26.4 Å². The Morgan fingerprint density at radius 2 is 2.00 bits per heavy atom. The van der Waals surface area contributed by atoms with E-state index in [1.807, 2.05) is 20.8 Å². The molecule has 0 aliphatic carbocycles. The molecule has 0 amide bonds. The highest BCUT2D eigenvalue weighted by atomic mass is 79.9. The third-order valence-electron chi connectivity index (χ3n) is 1.25. The molecule has 1 heterocycles. The van der Waals surface area contributed by atoms with E-state index in [1.165, 1.54) is 11.3 Å². The van der Waals surface area contributed by atoms with Crippen molar-refractivity contribution < 1.29 is 9.53 Å². The topological polar surface area (TPSA) is 26.3 Å². The van der Waals surface area contributed by atoms with Gasteiger partial charge < -0.3 is 4.74 Å². The third-order valence-corrected chi connectivity index (χ3v) is 4.48. The Morgan fingerprint density at radius 3 is 2.36 bits per heavy atom. The van der Waals surface area contributed by atoms with Gasteiger partial charge in [-0.05, 0) is 58.7 Å². The van der Waals surface area contributed by atoms with Crippen LogP contribution in [0, 0.1) is 0 Å². The first-order valence-electron chi connectivity index (χ1n) is 3.98. The summed E-state index contributed by atoms with van der Waals surface area (Å²) >= 11 is 8.01. The molecule has 0 radical (unpaired) electrons. The molecule has 5 heteroatoms. The monoisotopic (exact) mass is 340 g/mol. The van der Waals surface area contributed by atoms with Crippen LogP contribution in [0.3, 0.4) is 0 Å². The number of ether oxygens (including phenoxy) is 1. The zero-order chi connectivity index (χ0) is 10.9. The van der Waals surface area contributed by atoms with Gasteiger partial charge >= 0.3 is 5.97 Å². The van der Waals surface area contributed by atoms with Crippen LogP contribution in [0.4, 0.5) is 0 Å². The molecule has 0 aliphatic heterocycles. The first-order chi connectivity index (χ1) is 6.29. The molecule has 0 aliphatic rings. The molecule has 0 unspecified atom stereocenters. The summed E-state index contributed by atoms with van der Waals surface area (Å²) in [4.78, 5) is 12.2. The summed E-state index contributed by atoms with van der Waals surface area (Å²) in [5, 5.41) is 0. The summed E-state index contributed by atoms with van der Waals surface area (Å²) in [5.74, 6) is -0.283. The zero-order valence-electron chi connectivity index (χ0n) is 8.06. The fourth-order valence-corrected chi connectivity index (χ4v) is 2.69. The Kier molecular flexibility index (Phi) is 3.77. The van der Waals surface area contributed by atoms with Crippen LogP contribution in [-0.4, -0.2) is 11.6 Å². The second kappa shape index (κ2) is 4.33. The van der Waals surface area contributed by atoms with E-state index in [2.05, 4.69) is 31.9 Å². The number of thiophene rings is 1. The first-order valence-corrected chi connectivity index (χ1v) is 6.38. The summed E-state index contributed by atoms with van der Waals surface area (Å²) in [6, 6.07) is 1.75. The van der Waals surface area contributed by atoms with Crippen LogP contribution in [0.25, 0.3) is 0 Å². The number of rotatable bonds is 1. The van der Waals surface area contributed by atoms with Crippen LogP contribution < -0.4 is 0 Å². The second-order valence-electron chi connectivity index (χ2n) is 3.73. The van der Waals surface area contributed by atoms with Gasteiger partial charge in [0.25, 0.3) is 0 Å². The Bertz CT molecular complexity index is 333. The number of esters is 1. The highest BCUT2D eigenvalue weighted by Crippen LogP contribution is 2.33. The highest BCUT2D eigenvalue weighted by Gasteiger charge is 2.20. The van der Waals surface area contributed by atoms with Gasteiger partial charge in [0.2, 0.25) is 0 Å². The minimum absolute atomic E-state index is 0.283. The van der Waals surface area contributed by atoms with Crippen molar-refractivity contribution in [1.82, 2.24) is 0 Å². The van der Waals surface area contributed by atoms with E-state index in [-0.39, 0.29) is 5.97 Å². The van der Waals surface area contributed by atoms with E-state index in [1.54, 1.807) is 6.07 Å². The van der Waals surface area contributed by atoms with Crippen molar-refractivity contribution in [1.29, 1.82) is 0 Å². The molecule has 1 aromatic heterocycles. The molecular formula is C9H10Br2O2S. The van der Waals surface area contributed by atoms with Crippen molar-refractivity contribution in [2.24, 2.45) is 0 Å². The summed E-state index contributed by atoms with van der Waals surface area (Å²) < 4.78 is 7.00. The lowest BCUT2D eigenvalue weighted by Gasteiger charge is -2.18. The average molecular weight is 342 g/mol. The second-order valence-corrected chi connectivity index (χ2v) is 6.96. The number of hydrogen-bond acceptors (Lipinski definition) is 3. The molecule has 0 saturated heterocycles. The number of carbonyl (C=O) groups excluding carboxylic acids is 1. The first kappa shape index (κ1) is 12.2. The third kappa shape index (κ3) is 3.37. The number of hydrogen-bond donors (Lipinski definition) is 0. The van der Waals surface area contributed by atoms with E-state index in [9.17, 15) is 4.79 Å². The normalized spacial score (nSPS) is 11.5. The van der Waals surface area contributed by atoms with Crippen LogP contribution >= 0.6 is 43.2 Å². The molecule has 1 rings (SSSR count). The van der Waals surface area contributed by atoms with Crippen molar-refractivity contribution in [3.05, 3.63) is 19.2 Å². The highest BCUT2D eigenvalue weighted by molar-refractivity contribution is 9.13. The molecule has 0 bridgehead atoms. The predicted octanol–water partition coefficient (Wildman–Crippen LogP) is 4.23. The fraction of sp³-hybridized carbons (Fsp3) is 0.444. The number of halogens is 2. The Hall–Kier alpha value is 0.130. The predicted molar refractivity (Wildman–Crippen MR) is 64.9 cm³/mol. The average Bonchev–Trinajstić information content (AvgIpc) is 2.28. The smallest absolute Gasteiger partial charge is 0.348 e. The van der Waals surface area contributed by atoms with Crippen molar-refractivity contribution in [2.75, 3.05) is 0 Å². The Balaban J connectivity index is 2.80. The van der Waals surface area contributed by atoms with Gasteiger partial charge in [0.15, 0.2) is 0 Å². The molecule has 0 atom stereocenters. The molecule has 14 heavy (non-hydrogen) atoms. The Labute approximate surface area is 104 Å². The van der Waals surface area contributed by atoms with E-state index >= 15 is 0 Å². The maximum atomic E-state index is 11.6. The van der Waals surface area contributed by atoms with Gasteiger partial charge in [0.05, 0.1) is 3.79 Å². The molecule has 0 spiro atoms. The SMILES string of the molecule is CC(C)(C)OC(=O)c1cc(Br)c(Br)s1. The number of carbonyl (C=O) groups is 1. The molecule has 0 N–H and O–H groups in total. The molecule has 1 aromatic rings. The van der Waals surface area contributed by atoms with Crippen LogP contribution in [0.5, 0.6) is 0 Å². The van der Waals surface area contributed by atoms with E-state index in [0.717, 1.165) is 8.26 Å². The van der Waals surface area contributed by atoms with Crippen LogP contribution in [0.1, 0.15) is 30.4 Å².